The first-order chi connectivity index (χ1) is 14.7. The predicted octanol–water partition coefficient (Wildman–Crippen LogP) is 7.16. The molecule has 1 aliphatic rings. The molecule has 3 aromatic rings. The fraction of sp³-hybridized carbons (Fsp3) is 0.250. The third kappa shape index (κ3) is 3.60. The molecule has 162 valence electrons. The quantitative estimate of drug-likeness (QED) is 0.301. The van der Waals surface area contributed by atoms with Gasteiger partial charge in [-0.15, -0.1) is 0 Å². The molecule has 0 nitrogen and oxygen atoms in total. The molecule has 0 saturated heterocycles. The molecule has 4 rings (SSSR count). The lowest BCUT2D eigenvalue weighted by Crippen LogP contribution is -2.17. The Morgan fingerprint density at radius 2 is 1.45 bits per heavy atom. The van der Waals surface area contributed by atoms with Crippen molar-refractivity contribution in [3.8, 4) is 11.1 Å². The van der Waals surface area contributed by atoms with Crippen LogP contribution in [0.25, 0.3) is 11.1 Å². The predicted molar refractivity (Wildman–Crippen MR) is 102 cm³/mol. The number of rotatable bonds is 3. The number of aryl methyl sites for hydroxylation is 1. The second kappa shape index (κ2) is 8.02. The van der Waals surface area contributed by atoms with Crippen LogP contribution in [-0.4, -0.2) is 0 Å². The topological polar surface area (TPSA) is 0 Å². The molecule has 0 amide bonds. The van der Waals surface area contributed by atoms with Crippen LogP contribution >= 0.6 is 0 Å². The third-order valence-corrected chi connectivity index (χ3v) is 5.91. The lowest BCUT2D eigenvalue weighted by atomic mass is 9.78. The molecule has 0 spiro atoms. The Labute approximate surface area is 174 Å². The van der Waals surface area contributed by atoms with Crippen LogP contribution in [0.5, 0.6) is 0 Å². The van der Waals surface area contributed by atoms with E-state index in [1.54, 1.807) is 6.92 Å². The highest BCUT2D eigenvalue weighted by Crippen LogP contribution is 2.40. The summed E-state index contributed by atoms with van der Waals surface area (Å²) in [6, 6.07) is 5.10. The highest BCUT2D eigenvalue weighted by molar-refractivity contribution is 5.67. The van der Waals surface area contributed by atoms with Crippen LogP contribution in [0.1, 0.15) is 41.5 Å². The molecule has 0 N–H and O–H groups in total. The second-order valence-corrected chi connectivity index (χ2v) is 7.67. The summed E-state index contributed by atoms with van der Waals surface area (Å²) in [5, 5.41) is 0. The molecule has 0 heterocycles. The van der Waals surface area contributed by atoms with Gasteiger partial charge in [0.25, 0.3) is 0 Å². The maximum absolute atomic E-state index is 15.1. The SMILES string of the molecule is CCc1ccc(C2CCc3c(cc(F)c(-c4cc(F)c(F)c(F)c4)c3F)C2)c(F)c1F. The zero-order valence-corrected chi connectivity index (χ0v) is 16.4. The van der Waals surface area contributed by atoms with E-state index in [0.29, 0.717) is 18.6 Å². The summed E-state index contributed by atoms with van der Waals surface area (Å²) in [4.78, 5) is 0. The van der Waals surface area contributed by atoms with E-state index in [1.165, 1.54) is 12.1 Å². The van der Waals surface area contributed by atoms with Gasteiger partial charge in [0.15, 0.2) is 29.1 Å². The average Bonchev–Trinajstić information content (AvgIpc) is 2.73. The molecule has 0 aromatic heterocycles. The monoisotopic (exact) mass is 438 g/mol. The van der Waals surface area contributed by atoms with Crippen molar-refractivity contribution in [3.05, 3.63) is 93.3 Å². The van der Waals surface area contributed by atoms with Crippen molar-refractivity contribution >= 4 is 0 Å². The summed E-state index contributed by atoms with van der Waals surface area (Å²) in [5.74, 6) is -9.25. The molecule has 0 aliphatic heterocycles. The Balaban J connectivity index is 1.74. The van der Waals surface area contributed by atoms with E-state index in [1.807, 2.05) is 0 Å². The van der Waals surface area contributed by atoms with Gasteiger partial charge >= 0.3 is 0 Å². The van der Waals surface area contributed by atoms with Gasteiger partial charge in [-0.05, 0) is 77.6 Å². The van der Waals surface area contributed by atoms with Crippen molar-refractivity contribution in [2.24, 2.45) is 0 Å². The van der Waals surface area contributed by atoms with Crippen LogP contribution in [0.4, 0.5) is 30.7 Å². The van der Waals surface area contributed by atoms with Gasteiger partial charge in [-0.25, -0.2) is 30.7 Å². The number of halogens is 7. The lowest BCUT2D eigenvalue weighted by molar-refractivity contribution is 0.447. The minimum Gasteiger partial charge on any atom is -0.206 e. The van der Waals surface area contributed by atoms with Gasteiger partial charge in [-0.3, -0.25) is 0 Å². The van der Waals surface area contributed by atoms with Crippen molar-refractivity contribution < 1.29 is 30.7 Å². The Morgan fingerprint density at radius 1 is 0.774 bits per heavy atom. The Bertz CT molecular complexity index is 1160. The van der Waals surface area contributed by atoms with E-state index < -0.39 is 57.8 Å². The minimum absolute atomic E-state index is 0.0808. The normalized spacial score (nSPS) is 15.8. The van der Waals surface area contributed by atoms with Crippen LogP contribution in [0, 0.1) is 40.7 Å². The molecule has 3 aromatic carbocycles. The fourth-order valence-electron chi connectivity index (χ4n) is 4.27. The second-order valence-electron chi connectivity index (χ2n) is 7.67. The van der Waals surface area contributed by atoms with Crippen molar-refractivity contribution in [1.82, 2.24) is 0 Å². The summed E-state index contributed by atoms with van der Waals surface area (Å²) in [5.41, 5.74) is -0.300. The Kier molecular flexibility index (Phi) is 5.54. The Hall–Kier alpha value is -2.83. The van der Waals surface area contributed by atoms with E-state index in [-0.39, 0.29) is 41.5 Å². The molecular weight excluding hydrogens is 421 g/mol. The van der Waals surface area contributed by atoms with Crippen LogP contribution in [0.2, 0.25) is 0 Å². The fourth-order valence-corrected chi connectivity index (χ4v) is 4.27. The number of hydrogen-bond donors (Lipinski definition) is 0. The average molecular weight is 438 g/mol. The first kappa shape index (κ1) is 21.4. The van der Waals surface area contributed by atoms with E-state index in [0.717, 1.165) is 6.07 Å². The number of benzene rings is 3. The van der Waals surface area contributed by atoms with Gasteiger partial charge in [0.2, 0.25) is 0 Å². The van der Waals surface area contributed by atoms with Crippen molar-refractivity contribution in [3.63, 3.8) is 0 Å². The van der Waals surface area contributed by atoms with Crippen molar-refractivity contribution in [1.29, 1.82) is 0 Å². The molecule has 0 bridgehead atoms. The molecule has 7 heteroatoms. The molecule has 0 saturated carbocycles. The van der Waals surface area contributed by atoms with E-state index in [9.17, 15) is 26.3 Å². The van der Waals surface area contributed by atoms with E-state index in [2.05, 4.69) is 0 Å². The largest absolute Gasteiger partial charge is 0.206 e. The van der Waals surface area contributed by atoms with Gasteiger partial charge in [-0.2, -0.15) is 0 Å². The molecular formula is C24H17F7. The molecule has 1 aliphatic carbocycles. The first-order valence-electron chi connectivity index (χ1n) is 9.84. The van der Waals surface area contributed by atoms with Crippen molar-refractivity contribution in [2.45, 2.75) is 38.5 Å². The molecule has 1 atom stereocenters. The summed E-state index contributed by atoms with van der Waals surface area (Å²) < 4.78 is 99.0. The summed E-state index contributed by atoms with van der Waals surface area (Å²) in [6.45, 7) is 1.70. The first-order valence-corrected chi connectivity index (χ1v) is 9.84. The smallest absolute Gasteiger partial charge is 0.194 e. The molecule has 31 heavy (non-hydrogen) atoms. The lowest BCUT2D eigenvalue weighted by Gasteiger charge is -2.27. The van der Waals surface area contributed by atoms with Crippen molar-refractivity contribution in [2.75, 3.05) is 0 Å². The van der Waals surface area contributed by atoms with Crippen LogP contribution in [-0.2, 0) is 19.3 Å². The van der Waals surface area contributed by atoms with Gasteiger partial charge in [0, 0.05) is 0 Å². The Morgan fingerprint density at radius 3 is 2.10 bits per heavy atom. The third-order valence-electron chi connectivity index (χ3n) is 5.91. The number of hydrogen-bond acceptors (Lipinski definition) is 0. The number of fused-ring (bicyclic) bond motifs is 1. The maximum Gasteiger partial charge on any atom is 0.194 e. The van der Waals surface area contributed by atoms with Crippen LogP contribution < -0.4 is 0 Å². The van der Waals surface area contributed by atoms with Crippen LogP contribution in [0.15, 0.2) is 30.3 Å². The minimum atomic E-state index is -1.73. The maximum atomic E-state index is 15.1. The van der Waals surface area contributed by atoms with E-state index >= 15 is 4.39 Å². The van der Waals surface area contributed by atoms with Gasteiger partial charge in [0.05, 0.1) is 5.56 Å². The van der Waals surface area contributed by atoms with Crippen LogP contribution in [0.3, 0.4) is 0 Å². The van der Waals surface area contributed by atoms with Gasteiger partial charge in [-0.1, -0.05) is 19.1 Å². The van der Waals surface area contributed by atoms with E-state index in [4.69, 9.17) is 0 Å². The standard InChI is InChI=1S/C24H17F7/c1-2-11-3-5-15(23(30)21(11)28)12-4-6-16-13(7-12)8-17(25)20(22(16)29)14-9-18(26)24(31)19(27)10-14/h3,5,8-10,12H,2,4,6-7H2,1H3. The zero-order valence-electron chi connectivity index (χ0n) is 16.4. The summed E-state index contributed by atoms with van der Waals surface area (Å²) in [7, 11) is 0. The van der Waals surface area contributed by atoms with Gasteiger partial charge in [0.1, 0.15) is 11.6 Å². The molecule has 1 unspecified atom stereocenters. The molecule has 0 fully saturated rings. The molecule has 0 radical (unpaired) electrons. The highest BCUT2D eigenvalue weighted by atomic mass is 19.2. The summed E-state index contributed by atoms with van der Waals surface area (Å²) in [6.07, 6.45) is 0.794. The zero-order chi connectivity index (χ0) is 22.4. The van der Waals surface area contributed by atoms with Gasteiger partial charge < -0.3 is 0 Å². The highest BCUT2D eigenvalue weighted by Gasteiger charge is 2.29. The summed E-state index contributed by atoms with van der Waals surface area (Å²) >= 11 is 0.